The second-order valence-electron chi connectivity index (χ2n) is 6.83. The third kappa shape index (κ3) is 3.85. The van der Waals surface area contributed by atoms with Crippen LogP contribution in [-0.4, -0.2) is 30.9 Å². The van der Waals surface area contributed by atoms with E-state index in [0.29, 0.717) is 11.8 Å². The minimum absolute atomic E-state index is 0.0512. The first kappa shape index (κ1) is 18.6. The van der Waals surface area contributed by atoms with Gasteiger partial charge in [0, 0.05) is 0 Å². The first-order chi connectivity index (χ1) is 9.64. The standard InChI is InChI=1S/C15H20Br4O2/c1-15(2,7-3-9(16)13(20)10(17)4-7)8-5-11(18)14(21)12(19)6-8/h7-12H,3-6H2,1-2H3. The maximum atomic E-state index is 12.0. The van der Waals surface area contributed by atoms with E-state index in [2.05, 4.69) is 77.6 Å². The molecule has 0 aromatic carbocycles. The highest BCUT2D eigenvalue weighted by Gasteiger charge is 2.47. The van der Waals surface area contributed by atoms with E-state index in [0.717, 1.165) is 25.7 Å². The van der Waals surface area contributed by atoms with Gasteiger partial charge in [0.1, 0.15) is 0 Å². The van der Waals surface area contributed by atoms with Gasteiger partial charge < -0.3 is 0 Å². The fourth-order valence-electron chi connectivity index (χ4n) is 3.60. The fraction of sp³-hybridized carbons (Fsp3) is 0.867. The average molecular weight is 552 g/mol. The lowest BCUT2D eigenvalue weighted by molar-refractivity contribution is -0.121. The summed E-state index contributed by atoms with van der Waals surface area (Å²) in [6.45, 7) is 4.60. The zero-order valence-electron chi connectivity index (χ0n) is 12.1. The van der Waals surface area contributed by atoms with Crippen LogP contribution in [0.5, 0.6) is 0 Å². The molecule has 4 atom stereocenters. The van der Waals surface area contributed by atoms with Crippen LogP contribution < -0.4 is 0 Å². The molecule has 6 heteroatoms. The Morgan fingerprint density at radius 3 is 1.19 bits per heavy atom. The van der Waals surface area contributed by atoms with Gasteiger partial charge in [-0.3, -0.25) is 9.59 Å². The molecule has 2 saturated carbocycles. The van der Waals surface area contributed by atoms with Crippen molar-refractivity contribution in [3.8, 4) is 0 Å². The maximum absolute atomic E-state index is 12.0. The van der Waals surface area contributed by atoms with Crippen molar-refractivity contribution in [3.63, 3.8) is 0 Å². The summed E-state index contributed by atoms with van der Waals surface area (Å²) in [5.74, 6) is 1.47. The molecule has 0 radical (unpaired) electrons. The molecule has 2 fully saturated rings. The molecule has 21 heavy (non-hydrogen) atoms. The van der Waals surface area contributed by atoms with E-state index in [1.165, 1.54) is 0 Å². The highest BCUT2D eigenvalue weighted by Crippen LogP contribution is 2.50. The molecule has 0 aliphatic heterocycles. The van der Waals surface area contributed by atoms with Crippen LogP contribution in [0.2, 0.25) is 0 Å². The molecule has 120 valence electrons. The highest BCUT2D eigenvalue weighted by molar-refractivity contribution is 9.11. The summed E-state index contributed by atoms with van der Waals surface area (Å²) in [7, 11) is 0. The molecule has 4 unspecified atom stereocenters. The summed E-state index contributed by atoms with van der Waals surface area (Å²) in [6, 6.07) is 0. The zero-order chi connectivity index (χ0) is 15.9. The van der Waals surface area contributed by atoms with Gasteiger partial charge in [-0.25, -0.2) is 0 Å². The van der Waals surface area contributed by atoms with E-state index in [9.17, 15) is 9.59 Å². The Bertz CT molecular complexity index is 371. The number of ketones is 2. The van der Waals surface area contributed by atoms with Crippen molar-refractivity contribution in [2.45, 2.75) is 58.8 Å². The van der Waals surface area contributed by atoms with Crippen LogP contribution in [0.25, 0.3) is 0 Å². The quantitative estimate of drug-likeness (QED) is 0.452. The van der Waals surface area contributed by atoms with Gasteiger partial charge in [-0.15, -0.1) is 0 Å². The predicted octanol–water partition coefficient (Wildman–Crippen LogP) is 5.02. The lowest BCUT2D eigenvalue weighted by atomic mass is 9.60. The van der Waals surface area contributed by atoms with E-state index in [-0.39, 0.29) is 36.3 Å². The molecule has 0 aromatic heterocycles. The summed E-state index contributed by atoms with van der Waals surface area (Å²) in [4.78, 5) is 23.7. The van der Waals surface area contributed by atoms with Crippen LogP contribution in [0, 0.1) is 17.3 Å². The molecular formula is C15H20Br4O2. The van der Waals surface area contributed by atoms with Crippen molar-refractivity contribution < 1.29 is 9.59 Å². The zero-order valence-corrected chi connectivity index (χ0v) is 18.5. The lowest BCUT2D eigenvalue weighted by Gasteiger charge is -2.47. The smallest absolute Gasteiger partial charge is 0.160 e. The van der Waals surface area contributed by atoms with Gasteiger partial charge in [0.2, 0.25) is 0 Å². The molecule has 2 rings (SSSR count). The van der Waals surface area contributed by atoms with Crippen molar-refractivity contribution >= 4 is 75.3 Å². The normalized spacial score (nSPS) is 42.2. The van der Waals surface area contributed by atoms with Crippen molar-refractivity contribution in [2.75, 3.05) is 0 Å². The molecule has 2 aliphatic rings. The molecule has 0 spiro atoms. The Hall–Kier alpha value is 1.26. The molecule has 0 heterocycles. The largest absolute Gasteiger partial charge is 0.297 e. The van der Waals surface area contributed by atoms with Crippen LogP contribution in [0.3, 0.4) is 0 Å². The Balaban J connectivity index is 2.14. The Morgan fingerprint density at radius 2 is 0.952 bits per heavy atom. The summed E-state index contributed by atoms with van der Waals surface area (Å²) in [5, 5.41) is 0. The summed E-state index contributed by atoms with van der Waals surface area (Å²) in [5.41, 5.74) is 0.109. The first-order valence-electron chi connectivity index (χ1n) is 7.28. The minimum atomic E-state index is -0.0512. The molecular weight excluding hydrogens is 532 g/mol. The number of alkyl halides is 4. The Morgan fingerprint density at radius 1 is 0.714 bits per heavy atom. The highest BCUT2D eigenvalue weighted by atomic mass is 79.9. The third-order valence-corrected chi connectivity index (χ3v) is 8.61. The van der Waals surface area contributed by atoms with Crippen molar-refractivity contribution in [3.05, 3.63) is 0 Å². The SMILES string of the molecule is CC(C)(C1CC(Br)C(=O)C(Br)C1)C1CC(Br)C(=O)C(Br)C1. The summed E-state index contributed by atoms with van der Waals surface area (Å²) in [6.07, 6.45) is 3.55. The van der Waals surface area contributed by atoms with Gasteiger partial charge in [0.15, 0.2) is 11.6 Å². The average Bonchev–Trinajstić information content (AvgIpc) is 2.40. The number of hydrogen-bond donors (Lipinski definition) is 0. The predicted molar refractivity (Wildman–Crippen MR) is 100 cm³/mol. The number of hydrogen-bond acceptors (Lipinski definition) is 2. The van der Waals surface area contributed by atoms with Crippen LogP contribution in [-0.2, 0) is 9.59 Å². The van der Waals surface area contributed by atoms with Crippen molar-refractivity contribution in [1.82, 2.24) is 0 Å². The Kier molecular flexibility index (Phi) is 6.22. The number of halogens is 4. The number of rotatable bonds is 2. The van der Waals surface area contributed by atoms with Gasteiger partial charge in [-0.1, -0.05) is 77.6 Å². The van der Waals surface area contributed by atoms with Gasteiger partial charge in [0.05, 0.1) is 19.3 Å². The molecule has 2 nitrogen and oxygen atoms in total. The van der Waals surface area contributed by atoms with Crippen LogP contribution >= 0.6 is 63.7 Å². The topological polar surface area (TPSA) is 34.1 Å². The molecule has 0 bridgehead atoms. The lowest BCUT2D eigenvalue weighted by Crippen LogP contribution is -2.46. The minimum Gasteiger partial charge on any atom is -0.297 e. The van der Waals surface area contributed by atoms with Gasteiger partial charge >= 0.3 is 0 Å². The van der Waals surface area contributed by atoms with Gasteiger partial charge in [-0.05, 0) is 42.9 Å². The van der Waals surface area contributed by atoms with Crippen LogP contribution in [0.4, 0.5) is 0 Å². The number of carbonyl (C=O) groups is 2. The molecule has 0 amide bonds. The van der Waals surface area contributed by atoms with E-state index < -0.39 is 0 Å². The van der Waals surface area contributed by atoms with E-state index in [1.807, 2.05) is 0 Å². The summed E-state index contributed by atoms with van der Waals surface area (Å²) >= 11 is 14.1. The van der Waals surface area contributed by atoms with E-state index in [1.54, 1.807) is 0 Å². The third-order valence-electron chi connectivity index (χ3n) is 5.31. The van der Waals surface area contributed by atoms with Crippen molar-refractivity contribution in [2.24, 2.45) is 17.3 Å². The molecule has 0 N–H and O–H groups in total. The van der Waals surface area contributed by atoms with E-state index in [4.69, 9.17) is 0 Å². The number of carbonyl (C=O) groups excluding carboxylic acids is 2. The molecule has 0 aromatic rings. The maximum Gasteiger partial charge on any atom is 0.160 e. The number of Topliss-reactive ketones (excluding diaryl/α,β-unsaturated/α-hetero) is 2. The first-order valence-corrected chi connectivity index (χ1v) is 10.9. The van der Waals surface area contributed by atoms with E-state index >= 15 is 0 Å². The van der Waals surface area contributed by atoms with Crippen molar-refractivity contribution in [1.29, 1.82) is 0 Å². The summed E-state index contributed by atoms with van der Waals surface area (Å²) < 4.78 is 0. The van der Waals surface area contributed by atoms with Crippen LogP contribution in [0.15, 0.2) is 0 Å². The van der Waals surface area contributed by atoms with Gasteiger partial charge in [0.25, 0.3) is 0 Å². The molecule has 2 aliphatic carbocycles. The second-order valence-corrected chi connectivity index (χ2v) is 11.3. The fourth-order valence-corrected chi connectivity index (χ4v) is 7.39. The van der Waals surface area contributed by atoms with Gasteiger partial charge in [-0.2, -0.15) is 0 Å². The monoisotopic (exact) mass is 548 g/mol. The second kappa shape index (κ2) is 7.02. The Labute approximate surface area is 160 Å². The molecule has 0 saturated heterocycles. The van der Waals surface area contributed by atoms with Crippen LogP contribution in [0.1, 0.15) is 39.5 Å².